The summed E-state index contributed by atoms with van der Waals surface area (Å²) in [5, 5.41) is 11.6. The number of rotatable bonds is 12. The van der Waals surface area contributed by atoms with Crippen molar-refractivity contribution in [3.63, 3.8) is 0 Å². The van der Waals surface area contributed by atoms with E-state index in [1.165, 1.54) is 11.0 Å². The second kappa shape index (κ2) is 16.0. The molecule has 0 aliphatic rings. The van der Waals surface area contributed by atoms with Gasteiger partial charge in [-0.3, -0.25) is 9.69 Å². The average Bonchev–Trinajstić information content (AvgIpc) is 2.99. The number of esters is 2. The number of carbonyl (C=O) groups excluding carboxylic acids is 3. The summed E-state index contributed by atoms with van der Waals surface area (Å²) in [5.74, 6) is -2.60. The number of nitrogens with zero attached hydrogens (tertiary/aromatic N) is 1. The molecule has 0 fully saturated rings. The number of para-hydroxylation sites is 2. The maximum absolute atomic E-state index is 14.6. The molecule has 0 spiro atoms. The molecule has 0 aliphatic carbocycles. The van der Waals surface area contributed by atoms with Gasteiger partial charge >= 0.3 is 11.9 Å². The number of aliphatic hydroxyl groups is 1. The van der Waals surface area contributed by atoms with Crippen LogP contribution in [0.15, 0.2) is 113 Å². The first-order valence-corrected chi connectivity index (χ1v) is 14.6. The van der Waals surface area contributed by atoms with Gasteiger partial charge in [-0.25, -0.2) is 9.59 Å². The average molecular weight is 586 g/mol. The molecule has 0 saturated carbocycles. The highest BCUT2D eigenvalue weighted by atomic mass is 32.2. The van der Waals surface area contributed by atoms with Crippen LogP contribution in [0.1, 0.15) is 31.9 Å². The minimum Gasteiger partial charge on any atom is -0.507 e. The van der Waals surface area contributed by atoms with E-state index in [0.29, 0.717) is 17.1 Å². The molecule has 3 aromatic carbocycles. The number of benzene rings is 3. The van der Waals surface area contributed by atoms with Crippen molar-refractivity contribution < 1.29 is 29.0 Å². The van der Waals surface area contributed by atoms with Crippen LogP contribution in [0, 0.1) is 6.92 Å². The molecule has 0 aromatic heterocycles. The van der Waals surface area contributed by atoms with Gasteiger partial charge in [-0.15, -0.1) is 11.8 Å². The smallest absolute Gasteiger partial charge is 0.346 e. The van der Waals surface area contributed by atoms with Crippen molar-refractivity contribution in [2.24, 2.45) is 0 Å². The predicted octanol–water partition coefficient (Wildman–Crippen LogP) is 7.32. The van der Waals surface area contributed by atoms with Crippen LogP contribution in [-0.2, 0) is 23.9 Å². The molecule has 0 aliphatic heterocycles. The van der Waals surface area contributed by atoms with E-state index >= 15 is 0 Å². The van der Waals surface area contributed by atoms with Gasteiger partial charge in [-0.2, -0.15) is 0 Å². The van der Waals surface area contributed by atoms with E-state index in [-0.39, 0.29) is 23.7 Å². The largest absolute Gasteiger partial charge is 0.507 e. The van der Waals surface area contributed by atoms with Gasteiger partial charge < -0.3 is 14.6 Å². The Kier molecular flexibility index (Phi) is 12.2. The minimum absolute atomic E-state index is 0.00172. The predicted molar refractivity (Wildman–Crippen MR) is 168 cm³/mol. The van der Waals surface area contributed by atoms with Crippen molar-refractivity contribution in [3.05, 3.63) is 124 Å². The van der Waals surface area contributed by atoms with Gasteiger partial charge in [0.2, 0.25) is 0 Å². The zero-order valence-corrected chi connectivity index (χ0v) is 25.0. The number of carbonyl (C=O) groups is 3. The van der Waals surface area contributed by atoms with Gasteiger partial charge in [0.15, 0.2) is 5.57 Å². The number of hydrogen-bond acceptors (Lipinski definition) is 7. The lowest BCUT2D eigenvalue weighted by Crippen LogP contribution is -2.30. The number of ether oxygens (including phenoxy) is 2. The van der Waals surface area contributed by atoms with Crippen molar-refractivity contribution in [3.8, 4) is 0 Å². The fourth-order valence-corrected chi connectivity index (χ4v) is 4.93. The number of amides is 1. The molecule has 3 aromatic rings. The lowest BCUT2D eigenvalue weighted by atomic mass is 10.0. The molecule has 42 heavy (non-hydrogen) atoms. The SMILES string of the molecule is CCOC(=O)C(C(=O)OCC)=C(SCC)/C(C(=O)N(c1ccccc1)c1ccccc1)=C(O)/C=C/c1ccc(C)cc1. The van der Waals surface area contributed by atoms with Crippen LogP contribution in [0.4, 0.5) is 11.4 Å². The third kappa shape index (κ3) is 8.24. The standard InChI is InChI=1S/C34H35NO6S/c1-5-40-33(38)30(34(39)41-6-2)31(42-7-3)29(28(36)23-22-25-20-18-24(4)19-21-25)32(37)35(26-14-10-8-11-15-26)27-16-12-9-13-17-27/h8-23,36H,5-7H2,1-4H3/b23-22+,29-28+. The molecular formula is C34H35NO6S. The van der Waals surface area contributed by atoms with Gasteiger partial charge in [-0.1, -0.05) is 79.2 Å². The summed E-state index contributed by atoms with van der Waals surface area (Å²) in [6, 6.07) is 25.5. The highest BCUT2D eigenvalue weighted by molar-refractivity contribution is 8.03. The van der Waals surface area contributed by atoms with Crippen LogP contribution in [0.25, 0.3) is 6.08 Å². The summed E-state index contributed by atoms with van der Waals surface area (Å²) in [6.07, 6.45) is 3.04. The van der Waals surface area contributed by atoms with Crippen molar-refractivity contribution in [2.45, 2.75) is 27.7 Å². The highest BCUT2D eigenvalue weighted by Crippen LogP contribution is 2.36. The summed E-state index contributed by atoms with van der Waals surface area (Å²) in [7, 11) is 0. The van der Waals surface area contributed by atoms with Crippen molar-refractivity contribution in [1.29, 1.82) is 0 Å². The first-order valence-electron chi connectivity index (χ1n) is 13.7. The number of thioether (sulfide) groups is 1. The molecule has 1 amide bonds. The number of aryl methyl sites for hydroxylation is 1. The maximum Gasteiger partial charge on any atom is 0.346 e. The van der Waals surface area contributed by atoms with Crippen LogP contribution < -0.4 is 4.90 Å². The first kappa shape index (κ1) is 32.0. The molecule has 0 saturated heterocycles. The van der Waals surface area contributed by atoms with Crippen LogP contribution in [-0.4, -0.2) is 41.9 Å². The molecule has 0 bridgehead atoms. The molecule has 1 N–H and O–H groups in total. The van der Waals surface area contributed by atoms with E-state index in [1.54, 1.807) is 68.5 Å². The molecule has 0 atom stereocenters. The van der Waals surface area contributed by atoms with Crippen molar-refractivity contribution in [1.82, 2.24) is 0 Å². The molecule has 8 heteroatoms. The van der Waals surface area contributed by atoms with Crippen LogP contribution in [0.2, 0.25) is 0 Å². The Morgan fingerprint density at radius 3 is 1.71 bits per heavy atom. The molecular weight excluding hydrogens is 550 g/mol. The summed E-state index contributed by atoms with van der Waals surface area (Å²) >= 11 is 1.07. The van der Waals surface area contributed by atoms with Gasteiger partial charge in [0.05, 0.1) is 18.8 Å². The second-order valence-corrected chi connectivity index (χ2v) is 10.2. The van der Waals surface area contributed by atoms with Crippen LogP contribution in [0.3, 0.4) is 0 Å². The lowest BCUT2D eigenvalue weighted by molar-refractivity contribution is -0.146. The quantitative estimate of drug-likeness (QED) is 0.0595. The number of hydrogen-bond donors (Lipinski definition) is 1. The summed E-state index contributed by atoms with van der Waals surface area (Å²) < 4.78 is 10.4. The summed E-state index contributed by atoms with van der Waals surface area (Å²) in [5.41, 5.74) is 2.21. The normalized spacial score (nSPS) is 11.4. The van der Waals surface area contributed by atoms with E-state index < -0.39 is 29.2 Å². The topological polar surface area (TPSA) is 93.1 Å². The Labute approximate surface area is 251 Å². The zero-order valence-electron chi connectivity index (χ0n) is 24.2. The van der Waals surface area contributed by atoms with E-state index in [2.05, 4.69) is 0 Å². The molecule has 218 valence electrons. The van der Waals surface area contributed by atoms with E-state index in [9.17, 15) is 19.5 Å². The van der Waals surface area contributed by atoms with E-state index in [0.717, 1.165) is 22.9 Å². The Morgan fingerprint density at radius 2 is 1.26 bits per heavy atom. The number of anilines is 2. The fraction of sp³-hybridized carbons (Fsp3) is 0.206. The van der Waals surface area contributed by atoms with Crippen molar-refractivity contribution >= 4 is 47.1 Å². The van der Waals surface area contributed by atoms with Gasteiger partial charge in [0.1, 0.15) is 5.76 Å². The van der Waals surface area contributed by atoms with Crippen LogP contribution in [0.5, 0.6) is 0 Å². The number of allylic oxidation sites excluding steroid dienone is 1. The van der Waals surface area contributed by atoms with E-state index in [4.69, 9.17) is 9.47 Å². The van der Waals surface area contributed by atoms with Crippen molar-refractivity contribution in [2.75, 3.05) is 23.9 Å². The molecule has 0 radical (unpaired) electrons. The third-order valence-electron chi connectivity index (χ3n) is 5.91. The molecule has 7 nitrogen and oxygen atoms in total. The molecule has 3 rings (SSSR count). The fourth-order valence-electron chi connectivity index (χ4n) is 4.00. The molecule has 0 heterocycles. The minimum atomic E-state index is -0.946. The Bertz CT molecular complexity index is 1400. The van der Waals surface area contributed by atoms with E-state index in [1.807, 2.05) is 50.2 Å². The van der Waals surface area contributed by atoms with Gasteiger partial charge in [0.25, 0.3) is 5.91 Å². The van der Waals surface area contributed by atoms with Crippen LogP contribution >= 0.6 is 11.8 Å². The second-order valence-electron chi connectivity index (χ2n) is 8.89. The Morgan fingerprint density at radius 1 is 0.762 bits per heavy atom. The number of aliphatic hydroxyl groups excluding tert-OH is 1. The molecule has 0 unspecified atom stereocenters. The highest BCUT2D eigenvalue weighted by Gasteiger charge is 2.34. The Balaban J connectivity index is 2.37. The van der Waals surface area contributed by atoms with Gasteiger partial charge in [-0.05, 0) is 62.4 Å². The maximum atomic E-state index is 14.6. The summed E-state index contributed by atoms with van der Waals surface area (Å²) in [6.45, 7) is 7.00. The summed E-state index contributed by atoms with van der Waals surface area (Å²) in [4.78, 5) is 42.4. The zero-order chi connectivity index (χ0) is 30.5. The third-order valence-corrected chi connectivity index (χ3v) is 6.90. The van der Waals surface area contributed by atoms with Gasteiger partial charge in [0, 0.05) is 16.3 Å². The lowest BCUT2D eigenvalue weighted by Gasteiger charge is -2.26. The Hall–Kier alpha value is -4.56. The monoisotopic (exact) mass is 585 g/mol. The first-order chi connectivity index (χ1) is 20.3.